The van der Waals surface area contributed by atoms with E-state index >= 15 is 0 Å². The predicted octanol–water partition coefficient (Wildman–Crippen LogP) is 5.82. The molecule has 2 aromatic carbocycles. The molecule has 4 nitrogen and oxygen atoms in total. The van der Waals surface area contributed by atoms with Gasteiger partial charge in [-0.25, -0.2) is 0 Å². The van der Waals surface area contributed by atoms with E-state index < -0.39 is 0 Å². The molecule has 140 valence electrons. The lowest BCUT2D eigenvalue weighted by molar-refractivity contribution is 0.318. The molecule has 27 heavy (non-hydrogen) atoms. The maximum atomic E-state index is 5.74. The number of ether oxygens (including phenoxy) is 2. The highest BCUT2D eigenvalue weighted by Crippen LogP contribution is 2.25. The van der Waals surface area contributed by atoms with Crippen LogP contribution in [0.2, 0.25) is 0 Å². The normalized spacial score (nSPS) is 11.3. The van der Waals surface area contributed by atoms with Gasteiger partial charge in [0, 0.05) is 39.6 Å². The third kappa shape index (κ3) is 3.95. The minimum Gasteiger partial charge on any atom is -0.494 e. The summed E-state index contributed by atoms with van der Waals surface area (Å²) in [6.07, 6.45) is 2.86. The van der Waals surface area contributed by atoms with Crippen LogP contribution in [0.1, 0.15) is 38.1 Å². The fraction of sp³-hybridized carbons (Fsp3) is 0.304. The van der Waals surface area contributed by atoms with Crippen LogP contribution in [0.3, 0.4) is 0 Å². The summed E-state index contributed by atoms with van der Waals surface area (Å²) in [6, 6.07) is 16.9. The Morgan fingerprint density at radius 2 is 1.15 bits per heavy atom. The van der Waals surface area contributed by atoms with Gasteiger partial charge in [0.2, 0.25) is 0 Å². The van der Waals surface area contributed by atoms with Gasteiger partial charge in [-0.2, -0.15) is 0 Å². The SMILES string of the molecule is CCCOc1ccc2[nH]c(Cc3cc4cc(OCCC)ccc4[nH]3)cc2c1. The summed E-state index contributed by atoms with van der Waals surface area (Å²) in [4.78, 5) is 7.02. The monoisotopic (exact) mass is 362 g/mol. The molecule has 0 aliphatic rings. The summed E-state index contributed by atoms with van der Waals surface area (Å²) < 4.78 is 11.5. The third-order valence-electron chi connectivity index (χ3n) is 4.62. The molecule has 2 N–H and O–H groups in total. The van der Waals surface area contributed by atoms with Gasteiger partial charge in [0.25, 0.3) is 0 Å². The highest BCUT2D eigenvalue weighted by Gasteiger charge is 2.07. The number of hydrogen-bond donors (Lipinski definition) is 2. The van der Waals surface area contributed by atoms with Crippen molar-refractivity contribution in [2.75, 3.05) is 13.2 Å². The molecule has 0 aliphatic carbocycles. The first-order chi connectivity index (χ1) is 13.2. The quantitative estimate of drug-likeness (QED) is 0.415. The van der Waals surface area contributed by atoms with E-state index in [4.69, 9.17) is 9.47 Å². The molecule has 0 bridgehead atoms. The molecular formula is C23H26N2O2. The van der Waals surface area contributed by atoms with Crippen molar-refractivity contribution in [3.05, 3.63) is 59.9 Å². The number of rotatable bonds is 8. The summed E-state index contributed by atoms with van der Waals surface area (Å²) in [5.74, 6) is 1.86. The van der Waals surface area contributed by atoms with E-state index in [1.807, 2.05) is 12.1 Å². The number of fused-ring (bicyclic) bond motifs is 2. The predicted molar refractivity (Wildman–Crippen MR) is 111 cm³/mol. The van der Waals surface area contributed by atoms with Crippen molar-refractivity contribution < 1.29 is 9.47 Å². The molecule has 0 saturated carbocycles. The van der Waals surface area contributed by atoms with Gasteiger partial charge in [-0.15, -0.1) is 0 Å². The van der Waals surface area contributed by atoms with E-state index in [0.29, 0.717) is 0 Å². The molecule has 0 fully saturated rings. The maximum absolute atomic E-state index is 5.74. The summed E-state index contributed by atoms with van der Waals surface area (Å²) in [5, 5.41) is 2.37. The van der Waals surface area contributed by atoms with E-state index in [-0.39, 0.29) is 0 Å². The third-order valence-corrected chi connectivity index (χ3v) is 4.62. The minimum absolute atomic E-state index is 0.752. The Labute approximate surface area is 159 Å². The Balaban J connectivity index is 1.54. The Morgan fingerprint density at radius 1 is 0.667 bits per heavy atom. The second-order valence-electron chi connectivity index (χ2n) is 6.96. The molecule has 0 radical (unpaired) electrons. The van der Waals surface area contributed by atoms with Crippen LogP contribution < -0.4 is 9.47 Å². The lowest BCUT2D eigenvalue weighted by Crippen LogP contribution is -1.94. The van der Waals surface area contributed by atoms with Crippen molar-refractivity contribution in [3.8, 4) is 11.5 Å². The number of aromatic nitrogens is 2. The van der Waals surface area contributed by atoms with E-state index in [1.54, 1.807) is 0 Å². The summed E-state index contributed by atoms with van der Waals surface area (Å²) in [7, 11) is 0. The zero-order valence-corrected chi connectivity index (χ0v) is 16.0. The van der Waals surface area contributed by atoms with Gasteiger partial charge < -0.3 is 19.4 Å². The summed E-state index contributed by atoms with van der Waals surface area (Å²) >= 11 is 0. The first-order valence-corrected chi connectivity index (χ1v) is 9.74. The Hall–Kier alpha value is -2.88. The zero-order valence-electron chi connectivity index (χ0n) is 16.0. The number of aromatic amines is 2. The van der Waals surface area contributed by atoms with Crippen LogP contribution in [-0.4, -0.2) is 23.2 Å². The van der Waals surface area contributed by atoms with Crippen LogP contribution >= 0.6 is 0 Å². The van der Waals surface area contributed by atoms with Crippen LogP contribution in [0.4, 0.5) is 0 Å². The topological polar surface area (TPSA) is 50.0 Å². The fourth-order valence-corrected chi connectivity index (χ4v) is 3.36. The first-order valence-electron chi connectivity index (χ1n) is 9.74. The molecule has 4 rings (SSSR count). The number of benzene rings is 2. The van der Waals surface area contributed by atoms with Crippen LogP contribution in [0.15, 0.2) is 48.5 Å². The molecule has 0 unspecified atom stereocenters. The molecule has 2 heterocycles. The smallest absolute Gasteiger partial charge is 0.120 e. The second-order valence-corrected chi connectivity index (χ2v) is 6.96. The van der Waals surface area contributed by atoms with Gasteiger partial charge in [-0.3, -0.25) is 0 Å². The molecule has 0 atom stereocenters. The van der Waals surface area contributed by atoms with E-state index in [1.165, 1.54) is 22.2 Å². The molecule has 0 aliphatic heterocycles. The molecule has 0 saturated heterocycles. The van der Waals surface area contributed by atoms with Gasteiger partial charge in [0.15, 0.2) is 0 Å². The van der Waals surface area contributed by atoms with Crippen molar-refractivity contribution in [2.45, 2.75) is 33.1 Å². The average molecular weight is 362 g/mol. The van der Waals surface area contributed by atoms with Gasteiger partial charge in [0.05, 0.1) is 13.2 Å². The van der Waals surface area contributed by atoms with Crippen molar-refractivity contribution in [1.29, 1.82) is 0 Å². The van der Waals surface area contributed by atoms with Gasteiger partial charge in [-0.05, 0) is 61.4 Å². The van der Waals surface area contributed by atoms with Gasteiger partial charge in [0.1, 0.15) is 11.5 Å². The van der Waals surface area contributed by atoms with E-state index in [0.717, 1.165) is 55.0 Å². The summed E-state index contributed by atoms with van der Waals surface area (Å²) in [6.45, 7) is 5.74. The summed E-state index contributed by atoms with van der Waals surface area (Å²) in [5.41, 5.74) is 4.65. The highest BCUT2D eigenvalue weighted by atomic mass is 16.5. The standard InChI is InChI=1S/C23H26N2O2/c1-3-9-26-20-5-7-22-16(13-20)11-18(24-22)15-19-12-17-14-21(27-10-4-2)6-8-23(17)25-19/h5-8,11-14,24-25H,3-4,9-10,15H2,1-2H3. The Morgan fingerprint density at radius 3 is 1.59 bits per heavy atom. The average Bonchev–Trinajstić information content (AvgIpc) is 3.26. The number of H-pyrrole nitrogens is 2. The molecule has 0 amide bonds. The minimum atomic E-state index is 0.752. The van der Waals surface area contributed by atoms with Crippen LogP contribution in [0.5, 0.6) is 11.5 Å². The molecule has 2 aromatic heterocycles. The van der Waals surface area contributed by atoms with Crippen molar-refractivity contribution in [2.24, 2.45) is 0 Å². The highest BCUT2D eigenvalue weighted by molar-refractivity contribution is 5.83. The van der Waals surface area contributed by atoms with Crippen LogP contribution in [0, 0.1) is 0 Å². The molecule has 4 aromatic rings. The lowest BCUT2D eigenvalue weighted by atomic mass is 10.2. The first kappa shape index (κ1) is 17.5. The molecule has 0 spiro atoms. The molecular weight excluding hydrogens is 336 g/mol. The van der Waals surface area contributed by atoms with E-state index in [2.05, 4.69) is 60.2 Å². The fourth-order valence-electron chi connectivity index (χ4n) is 3.36. The number of nitrogens with one attached hydrogen (secondary N) is 2. The second kappa shape index (κ2) is 7.78. The lowest BCUT2D eigenvalue weighted by Gasteiger charge is -2.03. The maximum Gasteiger partial charge on any atom is 0.120 e. The molecule has 4 heteroatoms. The largest absolute Gasteiger partial charge is 0.494 e. The Bertz CT molecular complexity index is 961. The van der Waals surface area contributed by atoms with Crippen LogP contribution in [0.25, 0.3) is 21.8 Å². The van der Waals surface area contributed by atoms with Crippen molar-refractivity contribution in [1.82, 2.24) is 9.97 Å². The van der Waals surface area contributed by atoms with Gasteiger partial charge in [-0.1, -0.05) is 13.8 Å². The zero-order chi connectivity index (χ0) is 18.6. The van der Waals surface area contributed by atoms with E-state index in [9.17, 15) is 0 Å². The van der Waals surface area contributed by atoms with Crippen molar-refractivity contribution in [3.63, 3.8) is 0 Å². The Kier molecular flexibility index (Phi) is 5.05. The van der Waals surface area contributed by atoms with Crippen LogP contribution in [-0.2, 0) is 6.42 Å². The van der Waals surface area contributed by atoms with Gasteiger partial charge >= 0.3 is 0 Å². The number of hydrogen-bond acceptors (Lipinski definition) is 2. The van der Waals surface area contributed by atoms with Crippen molar-refractivity contribution >= 4 is 21.8 Å².